The lowest BCUT2D eigenvalue weighted by atomic mass is 10.2. The Kier molecular flexibility index (Phi) is 5.49. The molecule has 0 radical (unpaired) electrons. The van der Waals surface area contributed by atoms with E-state index in [0.29, 0.717) is 18.2 Å². The van der Waals surface area contributed by atoms with Gasteiger partial charge in [0.25, 0.3) is 5.91 Å². The third-order valence-electron chi connectivity index (χ3n) is 2.08. The lowest BCUT2D eigenvalue weighted by molar-refractivity contribution is 0.0953. The zero-order valence-electron chi connectivity index (χ0n) is 9.59. The summed E-state index contributed by atoms with van der Waals surface area (Å²) >= 11 is 3.35. The molecule has 0 heterocycles. The van der Waals surface area contributed by atoms with Gasteiger partial charge in [-0.2, -0.15) is 0 Å². The minimum absolute atomic E-state index is 0.0435. The van der Waals surface area contributed by atoms with E-state index in [0.717, 1.165) is 11.0 Å². The van der Waals surface area contributed by atoms with Crippen molar-refractivity contribution in [1.29, 1.82) is 0 Å². The molecule has 0 saturated heterocycles. The topological polar surface area (TPSA) is 41.1 Å². The highest BCUT2D eigenvalue weighted by molar-refractivity contribution is 9.10. The lowest BCUT2D eigenvalue weighted by Crippen LogP contribution is -2.34. The maximum atomic E-state index is 11.7. The molecule has 2 N–H and O–H groups in total. The molecule has 0 fully saturated rings. The van der Waals surface area contributed by atoms with E-state index < -0.39 is 0 Å². The van der Waals surface area contributed by atoms with E-state index >= 15 is 0 Å². The Labute approximate surface area is 105 Å². The van der Waals surface area contributed by atoms with Gasteiger partial charge < -0.3 is 10.6 Å². The molecule has 1 aromatic carbocycles. The van der Waals surface area contributed by atoms with Gasteiger partial charge in [-0.25, -0.2) is 0 Å². The Morgan fingerprint density at radius 1 is 1.31 bits per heavy atom. The van der Waals surface area contributed by atoms with Crippen LogP contribution >= 0.6 is 15.9 Å². The zero-order chi connectivity index (χ0) is 12.0. The molecule has 0 aliphatic rings. The first-order chi connectivity index (χ1) is 7.61. The summed E-state index contributed by atoms with van der Waals surface area (Å²) in [4.78, 5) is 11.7. The van der Waals surface area contributed by atoms with E-state index in [1.165, 1.54) is 0 Å². The summed E-state index contributed by atoms with van der Waals surface area (Å²) in [6, 6.07) is 7.85. The number of carbonyl (C=O) groups excluding carboxylic acids is 1. The smallest absolute Gasteiger partial charge is 0.252 e. The van der Waals surface area contributed by atoms with E-state index in [9.17, 15) is 4.79 Å². The van der Waals surface area contributed by atoms with Crippen LogP contribution in [0.25, 0.3) is 0 Å². The monoisotopic (exact) mass is 284 g/mol. The first-order valence-electron chi connectivity index (χ1n) is 5.37. The fourth-order valence-corrected chi connectivity index (χ4v) is 1.74. The summed E-state index contributed by atoms with van der Waals surface area (Å²) in [6.45, 7) is 5.58. The number of rotatable bonds is 5. The predicted octanol–water partition coefficient (Wildman–Crippen LogP) is 2.18. The molecule has 1 rings (SSSR count). The number of hydrogen-bond acceptors (Lipinski definition) is 2. The van der Waals surface area contributed by atoms with Crippen molar-refractivity contribution >= 4 is 21.8 Å². The van der Waals surface area contributed by atoms with Crippen LogP contribution in [0.3, 0.4) is 0 Å². The van der Waals surface area contributed by atoms with Gasteiger partial charge in [0, 0.05) is 23.6 Å². The van der Waals surface area contributed by atoms with Gasteiger partial charge in [0.05, 0.1) is 5.56 Å². The summed E-state index contributed by atoms with van der Waals surface area (Å²) in [5.74, 6) is -0.0435. The van der Waals surface area contributed by atoms with E-state index in [-0.39, 0.29) is 5.91 Å². The highest BCUT2D eigenvalue weighted by Crippen LogP contribution is 2.15. The van der Waals surface area contributed by atoms with Crippen LogP contribution in [0.2, 0.25) is 0 Å². The Morgan fingerprint density at radius 3 is 2.62 bits per heavy atom. The van der Waals surface area contributed by atoms with Gasteiger partial charge in [0.15, 0.2) is 0 Å². The highest BCUT2D eigenvalue weighted by Gasteiger charge is 2.07. The third-order valence-corrected chi connectivity index (χ3v) is 2.77. The maximum absolute atomic E-state index is 11.7. The Morgan fingerprint density at radius 2 is 2.00 bits per heavy atom. The molecule has 1 aromatic rings. The summed E-state index contributed by atoms with van der Waals surface area (Å²) in [6.07, 6.45) is 0. The van der Waals surface area contributed by atoms with Gasteiger partial charge in [0.1, 0.15) is 0 Å². The molecule has 0 aliphatic heterocycles. The molecular weight excluding hydrogens is 268 g/mol. The summed E-state index contributed by atoms with van der Waals surface area (Å²) in [5, 5.41) is 6.10. The van der Waals surface area contributed by atoms with Crippen LogP contribution in [-0.2, 0) is 0 Å². The summed E-state index contributed by atoms with van der Waals surface area (Å²) in [7, 11) is 0. The van der Waals surface area contributed by atoms with Crippen LogP contribution in [0, 0.1) is 0 Å². The minimum Gasteiger partial charge on any atom is -0.351 e. The van der Waals surface area contributed by atoms with Crippen molar-refractivity contribution in [2.45, 2.75) is 19.9 Å². The average molecular weight is 285 g/mol. The molecular formula is C12H17BrN2O. The van der Waals surface area contributed by atoms with Crippen LogP contribution in [-0.4, -0.2) is 25.0 Å². The van der Waals surface area contributed by atoms with Crippen molar-refractivity contribution < 1.29 is 4.79 Å². The second-order valence-corrected chi connectivity index (χ2v) is 4.70. The summed E-state index contributed by atoms with van der Waals surface area (Å²) < 4.78 is 0.823. The average Bonchev–Trinajstić information content (AvgIpc) is 2.24. The molecule has 0 bridgehead atoms. The molecule has 88 valence electrons. The first-order valence-corrected chi connectivity index (χ1v) is 6.16. The molecule has 1 amide bonds. The van der Waals surface area contributed by atoms with Crippen molar-refractivity contribution in [3.63, 3.8) is 0 Å². The van der Waals surface area contributed by atoms with Crippen LogP contribution in [0.15, 0.2) is 28.7 Å². The fraction of sp³-hybridized carbons (Fsp3) is 0.417. The van der Waals surface area contributed by atoms with Gasteiger partial charge in [-0.1, -0.05) is 26.0 Å². The maximum Gasteiger partial charge on any atom is 0.252 e. The van der Waals surface area contributed by atoms with Crippen LogP contribution in [0.5, 0.6) is 0 Å². The Balaban J connectivity index is 2.39. The second-order valence-electron chi connectivity index (χ2n) is 3.84. The molecule has 0 aliphatic carbocycles. The third kappa shape index (κ3) is 4.33. The number of halogens is 1. The van der Waals surface area contributed by atoms with E-state index in [1.54, 1.807) is 6.07 Å². The number of amides is 1. The Bertz CT molecular complexity index is 353. The van der Waals surface area contributed by atoms with Crippen molar-refractivity contribution in [2.75, 3.05) is 13.1 Å². The van der Waals surface area contributed by atoms with Crippen LogP contribution in [0.1, 0.15) is 24.2 Å². The number of benzene rings is 1. The highest BCUT2D eigenvalue weighted by atomic mass is 79.9. The van der Waals surface area contributed by atoms with Crippen molar-refractivity contribution in [3.8, 4) is 0 Å². The molecule has 0 saturated carbocycles. The van der Waals surface area contributed by atoms with Gasteiger partial charge in [-0.3, -0.25) is 4.79 Å². The predicted molar refractivity (Wildman–Crippen MR) is 69.6 cm³/mol. The van der Waals surface area contributed by atoms with Gasteiger partial charge in [-0.15, -0.1) is 0 Å². The molecule has 0 unspecified atom stereocenters. The van der Waals surface area contributed by atoms with Gasteiger partial charge in [-0.05, 0) is 28.1 Å². The van der Waals surface area contributed by atoms with Crippen molar-refractivity contribution in [3.05, 3.63) is 34.3 Å². The van der Waals surface area contributed by atoms with Crippen molar-refractivity contribution in [2.24, 2.45) is 0 Å². The molecule has 4 heteroatoms. The normalized spacial score (nSPS) is 10.5. The molecule has 3 nitrogen and oxygen atoms in total. The number of carbonyl (C=O) groups is 1. The number of hydrogen-bond donors (Lipinski definition) is 2. The molecule has 0 atom stereocenters. The minimum atomic E-state index is -0.0435. The molecule has 16 heavy (non-hydrogen) atoms. The largest absolute Gasteiger partial charge is 0.351 e. The molecule has 0 aromatic heterocycles. The van der Waals surface area contributed by atoms with Crippen LogP contribution in [0.4, 0.5) is 0 Å². The van der Waals surface area contributed by atoms with Crippen molar-refractivity contribution in [1.82, 2.24) is 10.6 Å². The van der Waals surface area contributed by atoms with E-state index in [2.05, 4.69) is 40.4 Å². The van der Waals surface area contributed by atoms with Gasteiger partial charge in [0.2, 0.25) is 0 Å². The van der Waals surface area contributed by atoms with Crippen LogP contribution < -0.4 is 10.6 Å². The standard InChI is InChI=1S/C12H17BrN2O/c1-9(2)14-7-8-15-12(16)10-5-3-4-6-11(10)13/h3-6,9,14H,7-8H2,1-2H3,(H,15,16). The zero-order valence-corrected chi connectivity index (χ0v) is 11.2. The van der Waals surface area contributed by atoms with E-state index in [1.807, 2.05) is 18.2 Å². The lowest BCUT2D eigenvalue weighted by Gasteiger charge is -2.09. The number of nitrogens with one attached hydrogen (secondary N) is 2. The first kappa shape index (κ1) is 13.2. The fourth-order valence-electron chi connectivity index (χ4n) is 1.28. The molecule has 0 spiro atoms. The van der Waals surface area contributed by atoms with Gasteiger partial charge >= 0.3 is 0 Å². The second kappa shape index (κ2) is 6.66. The summed E-state index contributed by atoms with van der Waals surface area (Å²) in [5.41, 5.74) is 0.673. The SMILES string of the molecule is CC(C)NCCNC(=O)c1ccccc1Br. The van der Waals surface area contributed by atoms with E-state index in [4.69, 9.17) is 0 Å². The quantitative estimate of drug-likeness (QED) is 0.814. The Hall–Kier alpha value is -0.870.